The van der Waals surface area contributed by atoms with E-state index >= 15 is 0 Å². The fourth-order valence-electron chi connectivity index (χ4n) is 2.25. The summed E-state index contributed by atoms with van der Waals surface area (Å²) in [4.78, 5) is 27.7. The van der Waals surface area contributed by atoms with E-state index in [9.17, 15) is 9.59 Å². The van der Waals surface area contributed by atoms with E-state index in [0.29, 0.717) is 11.5 Å². The summed E-state index contributed by atoms with van der Waals surface area (Å²) in [5.41, 5.74) is 0.957. The number of nitrogens with one attached hydrogen (secondary N) is 1. The number of benzene rings is 1. The lowest BCUT2D eigenvalue weighted by Gasteiger charge is -2.18. The summed E-state index contributed by atoms with van der Waals surface area (Å²) in [6.07, 6.45) is 1.28. The number of halogens is 1. The van der Waals surface area contributed by atoms with Gasteiger partial charge in [0.05, 0.1) is 25.8 Å². The van der Waals surface area contributed by atoms with Crippen molar-refractivity contribution in [2.75, 3.05) is 20.8 Å². The van der Waals surface area contributed by atoms with Gasteiger partial charge in [0, 0.05) is 11.8 Å². The minimum atomic E-state index is -0.657. The Hall–Kier alpha value is -2.80. The third-order valence-corrected chi connectivity index (χ3v) is 3.80. The fourth-order valence-corrected chi connectivity index (χ4v) is 2.36. The van der Waals surface area contributed by atoms with Gasteiger partial charge in [-0.3, -0.25) is 4.79 Å². The number of rotatable bonds is 7. The van der Waals surface area contributed by atoms with Gasteiger partial charge in [-0.2, -0.15) is 0 Å². The van der Waals surface area contributed by atoms with Crippen molar-refractivity contribution in [3.8, 4) is 11.5 Å². The van der Waals surface area contributed by atoms with E-state index in [0.717, 1.165) is 5.56 Å². The first kappa shape index (κ1) is 19.5. The van der Waals surface area contributed by atoms with Gasteiger partial charge in [0.25, 0.3) is 5.91 Å². The first-order valence-corrected chi connectivity index (χ1v) is 8.12. The number of ether oxygens (including phenoxy) is 3. The van der Waals surface area contributed by atoms with E-state index in [2.05, 4.69) is 10.3 Å². The van der Waals surface area contributed by atoms with Crippen molar-refractivity contribution in [3.63, 3.8) is 0 Å². The molecule has 2 aromatic rings. The van der Waals surface area contributed by atoms with Crippen molar-refractivity contribution in [3.05, 3.63) is 52.8 Å². The summed E-state index contributed by atoms with van der Waals surface area (Å²) in [7, 11) is 3.10. The van der Waals surface area contributed by atoms with Gasteiger partial charge < -0.3 is 19.5 Å². The molecule has 0 fully saturated rings. The number of hydrogen-bond acceptors (Lipinski definition) is 6. The second-order valence-corrected chi connectivity index (χ2v) is 5.73. The number of amides is 1. The Morgan fingerprint density at radius 1 is 1.19 bits per heavy atom. The van der Waals surface area contributed by atoms with Crippen molar-refractivity contribution in [1.29, 1.82) is 0 Å². The molecular formula is C18H19ClN2O5. The van der Waals surface area contributed by atoms with E-state index in [1.165, 1.54) is 18.3 Å². The van der Waals surface area contributed by atoms with Crippen LogP contribution in [0.4, 0.5) is 0 Å². The van der Waals surface area contributed by atoms with Crippen LogP contribution in [0.5, 0.6) is 11.5 Å². The molecule has 0 aliphatic rings. The SMILES string of the molecule is COc1ccc(OC)c([C@@H](C)NC(=O)COC(=O)c2ccc(Cl)nc2)c1. The minimum absolute atomic E-state index is 0.213. The molecule has 1 atom stereocenters. The molecule has 26 heavy (non-hydrogen) atoms. The van der Waals surface area contributed by atoms with Gasteiger partial charge in [0.1, 0.15) is 16.7 Å². The van der Waals surface area contributed by atoms with Gasteiger partial charge in [-0.1, -0.05) is 11.6 Å². The molecule has 0 aliphatic carbocycles. The standard InChI is InChI=1S/C18H19ClN2O5/c1-11(14-8-13(24-2)5-6-15(14)25-3)21-17(22)10-26-18(23)12-4-7-16(19)20-9-12/h4-9,11H,10H2,1-3H3,(H,21,22)/t11-/m1/s1. The Kier molecular flexibility index (Phi) is 6.80. The summed E-state index contributed by atoms with van der Waals surface area (Å²) in [5, 5.41) is 3.01. The van der Waals surface area contributed by atoms with E-state index in [4.69, 9.17) is 25.8 Å². The van der Waals surface area contributed by atoms with Crippen molar-refractivity contribution >= 4 is 23.5 Å². The normalized spacial score (nSPS) is 11.4. The highest BCUT2D eigenvalue weighted by Gasteiger charge is 2.17. The largest absolute Gasteiger partial charge is 0.497 e. The number of esters is 1. The number of hydrogen-bond donors (Lipinski definition) is 1. The minimum Gasteiger partial charge on any atom is -0.497 e. The maximum Gasteiger partial charge on any atom is 0.340 e. The van der Waals surface area contributed by atoms with E-state index in [1.54, 1.807) is 39.3 Å². The zero-order chi connectivity index (χ0) is 19.1. The molecule has 7 nitrogen and oxygen atoms in total. The molecule has 1 aromatic carbocycles. The topological polar surface area (TPSA) is 86.8 Å². The molecule has 0 unspecified atom stereocenters. The molecule has 0 saturated carbocycles. The second-order valence-electron chi connectivity index (χ2n) is 5.34. The lowest BCUT2D eigenvalue weighted by atomic mass is 10.1. The van der Waals surface area contributed by atoms with Crippen LogP contribution in [0.25, 0.3) is 0 Å². The van der Waals surface area contributed by atoms with E-state index < -0.39 is 18.5 Å². The van der Waals surface area contributed by atoms with Crippen LogP contribution in [0.1, 0.15) is 28.9 Å². The third-order valence-electron chi connectivity index (χ3n) is 3.58. The maximum atomic E-state index is 12.1. The highest BCUT2D eigenvalue weighted by molar-refractivity contribution is 6.29. The molecule has 0 radical (unpaired) electrons. The first-order chi connectivity index (χ1) is 12.4. The molecule has 0 saturated heterocycles. The van der Waals surface area contributed by atoms with Crippen LogP contribution in [-0.2, 0) is 9.53 Å². The molecule has 0 aliphatic heterocycles. The molecule has 1 amide bonds. The van der Waals surface area contributed by atoms with Crippen LogP contribution >= 0.6 is 11.6 Å². The third kappa shape index (κ3) is 5.10. The van der Waals surface area contributed by atoms with Crippen LogP contribution in [0, 0.1) is 0 Å². The number of carbonyl (C=O) groups excluding carboxylic acids is 2. The van der Waals surface area contributed by atoms with Crippen LogP contribution in [-0.4, -0.2) is 37.7 Å². The molecule has 0 spiro atoms. The monoisotopic (exact) mass is 378 g/mol. The van der Waals surface area contributed by atoms with Gasteiger partial charge in [-0.15, -0.1) is 0 Å². The van der Waals surface area contributed by atoms with Gasteiger partial charge >= 0.3 is 5.97 Å². The summed E-state index contributed by atoms with van der Waals surface area (Å²) in [6.45, 7) is 1.37. The maximum absolute atomic E-state index is 12.1. The Balaban J connectivity index is 1.95. The van der Waals surface area contributed by atoms with Crippen molar-refractivity contribution in [1.82, 2.24) is 10.3 Å². The lowest BCUT2D eigenvalue weighted by Crippen LogP contribution is -2.31. The summed E-state index contributed by atoms with van der Waals surface area (Å²) in [6, 6.07) is 7.86. The summed E-state index contributed by atoms with van der Waals surface area (Å²) < 4.78 is 15.5. The van der Waals surface area contributed by atoms with E-state index in [-0.39, 0.29) is 16.8 Å². The Morgan fingerprint density at radius 3 is 2.58 bits per heavy atom. The van der Waals surface area contributed by atoms with Gasteiger partial charge in [-0.05, 0) is 37.3 Å². The average molecular weight is 379 g/mol. The van der Waals surface area contributed by atoms with Crippen LogP contribution in [0.2, 0.25) is 5.15 Å². The molecule has 138 valence electrons. The number of methoxy groups -OCH3 is 2. The Bertz CT molecular complexity index is 780. The molecule has 0 bridgehead atoms. The Morgan fingerprint density at radius 2 is 1.96 bits per heavy atom. The predicted octanol–water partition coefficient (Wildman–Crippen LogP) is 2.79. The van der Waals surface area contributed by atoms with E-state index in [1.807, 2.05) is 0 Å². The van der Waals surface area contributed by atoms with Gasteiger partial charge in [0.2, 0.25) is 0 Å². The number of aromatic nitrogens is 1. The van der Waals surface area contributed by atoms with Crippen molar-refractivity contribution < 1.29 is 23.8 Å². The van der Waals surface area contributed by atoms with Crippen LogP contribution in [0.3, 0.4) is 0 Å². The zero-order valence-corrected chi connectivity index (χ0v) is 15.4. The molecular weight excluding hydrogens is 360 g/mol. The van der Waals surface area contributed by atoms with Crippen molar-refractivity contribution in [2.45, 2.75) is 13.0 Å². The fraction of sp³-hybridized carbons (Fsp3) is 0.278. The van der Waals surface area contributed by atoms with Crippen molar-refractivity contribution in [2.24, 2.45) is 0 Å². The number of carbonyl (C=O) groups is 2. The first-order valence-electron chi connectivity index (χ1n) is 7.74. The summed E-state index contributed by atoms with van der Waals surface area (Å²) >= 11 is 5.66. The molecule has 1 N–H and O–H groups in total. The average Bonchev–Trinajstić information content (AvgIpc) is 2.66. The summed E-state index contributed by atoms with van der Waals surface area (Å²) in [5.74, 6) is 0.153. The molecule has 2 rings (SSSR count). The second kappa shape index (κ2) is 9.05. The molecule has 8 heteroatoms. The number of nitrogens with zero attached hydrogens (tertiary/aromatic N) is 1. The van der Waals surface area contributed by atoms with Gasteiger partial charge in [-0.25, -0.2) is 9.78 Å². The zero-order valence-electron chi connectivity index (χ0n) is 14.6. The smallest absolute Gasteiger partial charge is 0.340 e. The predicted molar refractivity (Wildman–Crippen MR) is 95.6 cm³/mol. The van der Waals surface area contributed by atoms with Crippen LogP contribution in [0.15, 0.2) is 36.5 Å². The highest BCUT2D eigenvalue weighted by Crippen LogP contribution is 2.29. The molecule has 1 heterocycles. The van der Waals surface area contributed by atoms with Crippen LogP contribution < -0.4 is 14.8 Å². The highest BCUT2D eigenvalue weighted by atomic mass is 35.5. The van der Waals surface area contributed by atoms with Gasteiger partial charge in [0.15, 0.2) is 6.61 Å². The lowest BCUT2D eigenvalue weighted by molar-refractivity contribution is -0.124. The quantitative estimate of drug-likeness (QED) is 0.589. The molecule has 1 aromatic heterocycles. The number of pyridine rings is 1. The Labute approximate surface area is 156 Å².